The first-order valence-electron chi connectivity index (χ1n) is 4.69. The summed E-state index contributed by atoms with van der Waals surface area (Å²) >= 11 is 0. The van der Waals surface area contributed by atoms with Gasteiger partial charge in [0.05, 0.1) is 11.5 Å². The Bertz CT molecular complexity index is 426. The molecular formula is C9H11F2N3O3. The molecular weight excluding hydrogens is 236 g/mol. The molecule has 0 bridgehead atoms. The lowest BCUT2D eigenvalue weighted by atomic mass is 10.2. The number of hydrogen-bond donors (Lipinski definition) is 2. The summed E-state index contributed by atoms with van der Waals surface area (Å²) in [7, 11) is 0. The normalized spacial score (nSPS) is 11.3. The van der Waals surface area contributed by atoms with Gasteiger partial charge in [0.2, 0.25) is 0 Å². The zero-order chi connectivity index (χ0) is 13.1. The molecule has 0 radical (unpaired) electrons. The van der Waals surface area contributed by atoms with Crippen molar-refractivity contribution in [2.45, 2.75) is 12.8 Å². The van der Waals surface area contributed by atoms with Crippen molar-refractivity contribution in [2.75, 3.05) is 18.5 Å². The molecule has 0 unspecified atom stereocenters. The summed E-state index contributed by atoms with van der Waals surface area (Å²) in [6.45, 7) is -0.541. The number of halogens is 2. The number of pyridine rings is 1. The van der Waals surface area contributed by atoms with Crippen LogP contribution in [0.4, 0.5) is 20.3 Å². The third kappa shape index (κ3) is 3.59. The van der Waals surface area contributed by atoms with Crippen LogP contribution in [0, 0.1) is 17.0 Å². The fraction of sp³-hybridized carbons (Fsp3) is 0.444. The highest BCUT2D eigenvalue weighted by molar-refractivity contribution is 5.48. The summed E-state index contributed by atoms with van der Waals surface area (Å²) in [5, 5.41) is 21.1. The average molecular weight is 247 g/mol. The Labute approximate surface area is 95.4 Å². The number of hydrogen-bond acceptors (Lipinski definition) is 5. The fourth-order valence-electron chi connectivity index (χ4n) is 1.11. The van der Waals surface area contributed by atoms with E-state index in [9.17, 15) is 18.9 Å². The van der Waals surface area contributed by atoms with Gasteiger partial charge >= 0.3 is 0 Å². The topological polar surface area (TPSA) is 88.3 Å². The van der Waals surface area contributed by atoms with Crippen molar-refractivity contribution < 1.29 is 18.8 Å². The molecule has 0 saturated heterocycles. The highest BCUT2D eigenvalue weighted by atomic mass is 19.3. The minimum atomic E-state index is -3.25. The second-order valence-electron chi connectivity index (χ2n) is 3.48. The molecule has 94 valence electrons. The van der Waals surface area contributed by atoms with E-state index in [-0.39, 0.29) is 11.5 Å². The number of rotatable bonds is 5. The minimum Gasteiger partial charge on any atom is -0.390 e. The lowest BCUT2D eigenvalue weighted by Crippen LogP contribution is -2.31. The smallest absolute Gasteiger partial charge is 0.287 e. The number of aliphatic hydroxyl groups excluding tert-OH is 1. The van der Waals surface area contributed by atoms with E-state index in [1.165, 1.54) is 13.0 Å². The maximum atomic E-state index is 12.7. The van der Waals surface area contributed by atoms with Crippen LogP contribution in [0.3, 0.4) is 0 Å². The van der Waals surface area contributed by atoms with Crippen molar-refractivity contribution >= 4 is 11.5 Å². The quantitative estimate of drug-likeness (QED) is 0.605. The van der Waals surface area contributed by atoms with Crippen molar-refractivity contribution in [1.82, 2.24) is 4.98 Å². The van der Waals surface area contributed by atoms with E-state index >= 15 is 0 Å². The molecule has 0 aliphatic rings. The van der Waals surface area contributed by atoms with E-state index < -0.39 is 24.0 Å². The van der Waals surface area contributed by atoms with Crippen LogP contribution < -0.4 is 5.32 Å². The van der Waals surface area contributed by atoms with Gasteiger partial charge in [-0.15, -0.1) is 0 Å². The summed E-state index contributed by atoms with van der Waals surface area (Å²) in [4.78, 5) is 13.5. The van der Waals surface area contributed by atoms with Crippen molar-refractivity contribution in [3.8, 4) is 0 Å². The van der Waals surface area contributed by atoms with Gasteiger partial charge < -0.3 is 10.4 Å². The van der Waals surface area contributed by atoms with E-state index in [2.05, 4.69) is 10.3 Å². The van der Waals surface area contributed by atoms with Crippen LogP contribution in [0.2, 0.25) is 0 Å². The van der Waals surface area contributed by atoms with Crippen molar-refractivity contribution in [3.63, 3.8) is 0 Å². The number of alkyl halides is 2. The summed E-state index contributed by atoms with van der Waals surface area (Å²) in [5.74, 6) is -3.13. The van der Waals surface area contributed by atoms with Crippen LogP contribution in [-0.2, 0) is 0 Å². The van der Waals surface area contributed by atoms with Crippen LogP contribution in [-0.4, -0.2) is 34.1 Å². The van der Waals surface area contributed by atoms with Gasteiger partial charge in [-0.3, -0.25) is 10.1 Å². The number of nitro groups is 1. The number of nitrogens with zero attached hydrogens (tertiary/aromatic N) is 2. The average Bonchev–Trinajstić information content (AvgIpc) is 2.27. The molecule has 0 atom stereocenters. The van der Waals surface area contributed by atoms with E-state index in [1.807, 2.05) is 0 Å². The van der Waals surface area contributed by atoms with Crippen LogP contribution in [0.15, 0.2) is 12.3 Å². The summed E-state index contributed by atoms with van der Waals surface area (Å²) in [6.07, 6.45) is 0.979. The Morgan fingerprint density at radius 1 is 1.65 bits per heavy atom. The van der Waals surface area contributed by atoms with Gasteiger partial charge in [-0.05, 0) is 12.5 Å². The van der Waals surface area contributed by atoms with E-state index in [0.29, 0.717) is 5.56 Å². The molecule has 0 saturated carbocycles. The zero-order valence-electron chi connectivity index (χ0n) is 8.98. The van der Waals surface area contributed by atoms with Crippen molar-refractivity contribution in [2.24, 2.45) is 0 Å². The molecule has 1 rings (SSSR count). The minimum absolute atomic E-state index is 0.128. The fourth-order valence-corrected chi connectivity index (χ4v) is 1.11. The van der Waals surface area contributed by atoms with E-state index in [4.69, 9.17) is 5.11 Å². The maximum absolute atomic E-state index is 12.7. The highest BCUT2D eigenvalue weighted by Gasteiger charge is 2.27. The number of aryl methyl sites for hydroxylation is 1. The monoisotopic (exact) mass is 247 g/mol. The van der Waals surface area contributed by atoms with Crippen molar-refractivity contribution in [1.29, 1.82) is 0 Å². The van der Waals surface area contributed by atoms with Gasteiger partial charge in [-0.25, -0.2) is 13.8 Å². The lowest BCUT2D eigenvalue weighted by molar-refractivity contribution is -0.385. The Morgan fingerprint density at radius 2 is 2.29 bits per heavy atom. The van der Waals surface area contributed by atoms with Gasteiger partial charge in [0.25, 0.3) is 11.6 Å². The number of aliphatic hydroxyl groups is 1. The zero-order valence-corrected chi connectivity index (χ0v) is 8.98. The molecule has 8 heteroatoms. The predicted octanol–water partition coefficient (Wildman–Crippen LogP) is 1.34. The molecule has 1 aromatic rings. The Hall–Kier alpha value is -1.83. The maximum Gasteiger partial charge on any atom is 0.287 e. The van der Waals surface area contributed by atoms with E-state index in [0.717, 1.165) is 6.20 Å². The number of nitrogens with one attached hydrogen (secondary N) is 1. The lowest BCUT2D eigenvalue weighted by Gasteiger charge is -2.15. The third-order valence-electron chi connectivity index (χ3n) is 2.02. The van der Waals surface area contributed by atoms with Crippen LogP contribution in [0.1, 0.15) is 5.56 Å². The highest BCUT2D eigenvalue weighted by Crippen LogP contribution is 2.19. The number of aromatic nitrogens is 1. The molecule has 0 aliphatic heterocycles. The summed E-state index contributed by atoms with van der Waals surface area (Å²) in [5.41, 5.74) is 0.176. The molecule has 2 N–H and O–H groups in total. The van der Waals surface area contributed by atoms with Gasteiger partial charge in [0.1, 0.15) is 18.6 Å². The van der Waals surface area contributed by atoms with Gasteiger partial charge in [0.15, 0.2) is 0 Å². The first-order valence-corrected chi connectivity index (χ1v) is 4.69. The van der Waals surface area contributed by atoms with Gasteiger partial charge in [-0.1, -0.05) is 0 Å². The molecule has 0 fully saturated rings. The van der Waals surface area contributed by atoms with Crippen LogP contribution in [0.25, 0.3) is 0 Å². The first-order chi connectivity index (χ1) is 7.85. The molecule has 0 amide bonds. The standard InChI is InChI=1S/C9H11F2N3O3/c1-6-2-7(14(16)17)3-12-8(6)13-4-9(10,11)5-15/h2-3,15H,4-5H2,1H3,(H,12,13). The van der Waals surface area contributed by atoms with E-state index in [1.54, 1.807) is 0 Å². The second-order valence-corrected chi connectivity index (χ2v) is 3.48. The Kier molecular flexibility index (Phi) is 3.89. The SMILES string of the molecule is Cc1cc([N+](=O)[O-])cnc1NCC(F)(F)CO. The molecule has 1 heterocycles. The van der Waals surface area contributed by atoms with Crippen LogP contribution >= 0.6 is 0 Å². The van der Waals surface area contributed by atoms with Gasteiger partial charge in [-0.2, -0.15) is 0 Å². The molecule has 0 aliphatic carbocycles. The largest absolute Gasteiger partial charge is 0.390 e. The molecule has 17 heavy (non-hydrogen) atoms. The van der Waals surface area contributed by atoms with Crippen LogP contribution in [0.5, 0.6) is 0 Å². The summed E-state index contributed by atoms with van der Waals surface area (Å²) < 4.78 is 25.5. The van der Waals surface area contributed by atoms with Gasteiger partial charge in [0, 0.05) is 6.07 Å². The Morgan fingerprint density at radius 3 is 2.76 bits per heavy atom. The second kappa shape index (κ2) is 5.00. The predicted molar refractivity (Wildman–Crippen MR) is 56.2 cm³/mol. The number of anilines is 1. The first kappa shape index (κ1) is 13.2. The molecule has 6 nitrogen and oxygen atoms in total. The van der Waals surface area contributed by atoms with Crippen molar-refractivity contribution in [3.05, 3.63) is 27.9 Å². The molecule has 0 spiro atoms. The third-order valence-corrected chi connectivity index (χ3v) is 2.02. The summed E-state index contributed by atoms with van der Waals surface area (Å²) in [6, 6.07) is 1.23. The molecule has 0 aromatic carbocycles. The molecule has 1 aromatic heterocycles. The Balaban J connectivity index is 2.77.